The van der Waals surface area contributed by atoms with Gasteiger partial charge >= 0.3 is 35.8 Å². The van der Waals surface area contributed by atoms with Crippen LogP contribution < -0.4 is 5.32 Å². The fraction of sp³-hybridized carbons (Fsp3) is 0.412. The number of ether oxygens (including phenoxy) is 5. The largest absolute Gasteiger partial charge is 0.478 e. The Balaban J connectivity index is 0.000000923. The van der Waals surface area contributed by atoms with E-state index in [1.807, 2.05) is 0 Å². The van der Waals surface area contributed by atoms with Crippen molar-refractivity contribution in [3.63, 3.8) is 0 Å². The Kier molecular flexibility index (Phi) is 15.3. The van der Waals surface area contributed by atoms with E-state index in [-0.39, 0.29) is 35.3 Å². The molecule has 19 nitrogen and oxygen atoms in total. The minimum atomic E-state index is -2.39. The number of Topliss-reactive ketones (excluding diaryl/α,β-unsaturated/α-hetero) is 1. The summed E-state index contributed by atoms with van der Waals surface area (Å²) in [5.74, 6) is -9.36. The molecule has 0 spiro atoms. The zero-order valence-electron chi connectivity index (χ0n) is 39.1. The lowest BCUT2D eigenvalue weighted by Gasteiger charge is -2.67. The number of carbonyl (C=O) groups excluding carboxylic acids is 6. The van der Waals surface area contributed by atoms with Crippen molar-refractivity contribution in [1.82, 2.24) is 5.32 Å². The Labute approximate surface area is 402 Å². The van der Waals surface area contributed by atoms with E-state index in [1.165, 1.54) is 26.0 Å². The topological polar surface area (TPSA) is 296 Å². The average Bonchev–Trinajstić information content (AvgIpc) is 3.31. The first kappa shape index (κ1) is 52.3. The molecule has 1 aliphatic heterocycles. The van der Waals surface area contributed by atoms with Crippen LogP contribution in [-0.4, -0.2) is 127 Å². The molecule has 2 saturated carbocycles. The van der Waals surface area contributed by atoms with Crippen LogP contribution in [0.5, 0.6) is 0 Å². The lowest BCUT2D eigenvalue weighted by molar-refractivity contribution is -0.346. The molecule has 3 aromatic rings. The van der Waals surface area contributed by atoms with E-state index in [2.05, 4.69) is 5.32 Å². The van der Waals surface area contributed by atoms with Gasteiger partial charge in [0, 0.05) is 49.8 Å². The summed E-state index contributed by atoms with van der Waals surface area (Å²) in [6, 6.07) is 22.9. The molecule has 1 saturated heterocycles. The van der Waals surface area contributed by atoms with Gasteiger partial charge in [0.05, 0.1) is 35.6 Å². The Bertz CT molecular complexity index is 2560. The summed E-state index contributed by atoms with van der Waals surface area (Å²) in [7, 11) is 0. The summed E-state index contributed by atoms with van der Waals surface area (Å²) in [6.07, 6.45) is -9.40. The van der Waals surface area contributed by atoms with Crippen molar-refractivity contribution in [1.29, 1.82) is 0 Å². The molecule has 4 aliphatic rings. The van der Waals surface area contributed by atoms with Gasteiger partial charge in [0.2, 0.25) is 0 Å². The number of nitrogens with one attached hydrogen (secondary N) is 1. The number of hydrogen-bond donors (Lipinski definition) is 6. The van der Waals surface area contributed by atoms with Crippen molar-refractivity contribution in [2.45, 2.75) is 108 Å². The van der Waals surface area contributed by atoms with Crippen LogP contribution in [0.3, 0.4) is 0 Å². The number of carboxylic acid groups (broad SMARTS) is 2. The zero-order chi connectivity index (χ0) is 51.5. The van der Waals surface area contributed by atoms with Gasteiger partial charge in [-0.1, -0.05) is 80.6 Å². The Morgan fingerprint density at radius 1 is 0.786 bits per heavy atom. The van der Waals surface area contributed by atoms with Crippen molar-refractivity contribution in [2.75, 3.05) is 6.61 Å². The van der Waals surface area contributed by atoms with Crippen molar-refractivity contribution in [3.8, 4) is 0 Å². The predicted octanol–water partition coefficient (Wildman–Crippen LogP) is 3.45. The predicted molar refractivity (Wildman–Crippen MR) is 242 cm³/mol. The minimum absolute atomic E-state index is 0.00289. The van der Waals surface area contributed by atoms with E-state index in [0.717, 1.165) is 13.8 Å². The van der Waals surface area contributed by atoms with Gasteiger partial charge in [0.25, 0.3) is 5.91 Å². The maximum atomic E-state index is 15.5. The third-order valence-electron chi connectivity index (χ3n) is 13.8. The third-order valence-corrected chi connectivity index (χ3v) is 13.8. The second-order valence-corrected chi connectivity index (χ2v) is 18.4. The molecule has 11 atom stereocenters. The van der Waals surface area contributed by atoms with Crippen LogP contribution in [0.15, 0.2) is 114 Å². The van der Waals surface area contributed by atoms with Gasteiger partial charge < -0.3 is 54.5 Å². The van der Waals surface area contributed by atoms with Gasteiger partial charge in [-0.25, -0.2) is 19.2 Å². The number of carboxylic acids is 2. The summed E-state index contributed by atoms with van der Waals surface area (Å²) in [5.41, 5.74) is -7.02. The van der Waals surface area contributed by atoms with E-state index in [4.69, 9.17) is 33.9 Å². The van der Waals surface area contributed by atoms with E-state index in [0.29, 0.717) is 17.7 Å². The molecule has 7 rings (SSSR count). The highest BCUT2D eigenvalue weighted by molar-refractivity contribution is 5.96. The monoisotopic (exact) mass is 969 g/mol. The van der Waals surface area contributed by atoms with Gasteiger partial charge in [0.15, 0.2) is 23.6 Å². The molecule has 19 heteroatoms. The normalized spacial score (nSPS) is 29.3. The van der Waals surface area contributed by atoms with Crippen LogP contribution in [0, 0.1) is 16.7 Å². The fourth-order valence-electron chi connectivity index (χ4n) is 10.3. The molecule has 6 N–H and O–H groups in total. The number of aliphatic hydroxyl groups is 3. The summed E-state index contributed by atoms with van der Waals surface area (Å²) in [6.45, 7) is 7.97. The molecule has 0 radical (unpaired) electrons. The first-order valence-corrected chi connectivity index (χ1v) is 22.2. The maximum absolute atomic E-state index is 15.5. The van der Waals surface area contributed by atoms with E-state index >= 15 is 4.79 Å². The number of fused-ring (bicyclic) bond motifs is 5. The van der Waals surface area contributed by atoms with Crippen molar-refractivity contribution in [2.24, 2.45) is 16.7 Å². The Morgan fingerprint density at radius 3 is 1.83 bits per heavy atom. The summed E-state index contributed by atoms with van der Waals surface area (Å²) >= 11 is 0. The van der Waals surface area contributed by atoms with Crippen LogP contribution in [0.4, 0.5) is 0 Å². The molecule has 3 fully saturated rings. The number of amides is 1. The number of ketones is 1. The van der Waals surface area contributed by atoms with Crippen molar-refractivity contribution >= 4 is 47.5 Å². The Hall–Kier alpha value is -7.06. The van der Waals surface area contributed by atoms with Gasteiger partial charge in [0.1, 0.15) is 23.9 Å². The lowest BCUT2D eigenvalue weighted by atomic mass is 9.44. The molecule has 3 aromatic carbocycles. The molecule has 372 valence electrons. The quantitative estimate of drug-likeness (QED) is 0.0656. The van der Waals surface area contributed by atoms with Gasteiger partial charge in [-0.05, 0) is 54.8 Å². The van der Waals surface area contributed by atoms with E-state index in [1.54, 1.807) is 92.7 Å². The van der Waals surface area contributed by atoms with E-state index < -0.39 is 125 Å². The second kappa shape index (κ2) is 20.5. The minimum Gasteiger partial charge on any atom is -0.478 e. The number of esters is 4. The molecule has 3 aliphatic carbocycles. The van der Waals surface area contributed by atoms with Crippen molar-refractivity contribution < 1.29 is 87.6 Å². The van der Waals surface area contributed by atoms with Crippen LogP contribution in [0.25, 0.3) is 0 Å². The number of hydrogen-bond acceptors (Lipinski definition) is 16. The smallest absolute Gasteiger partial charge is 0.338 e. The lowest BCUT2D eigenvalue weighted by Crippen LogP contribution is -2.82. The molecular weight excluding hydrogens is 915 g/mol. The number of benzene rings is 3. The van der Waals surface area contributed by atoms with Gasteiger partial charge in [-0.15, -0.1) is 0 Å². The first-order valence-electron chi connectivity index (χ1n) is 22.2. The standard InChI is InChI=1S/C47H51NO14.C4H4O4/c1-25-31(60-43(56)36(52)35(28-16-10-7-11-17-28)48-41(54)29-18-12-8-13-19-29)23-47(57)40(61-42(55)30-20-14-9-15-21-30)38-45(6,32(51)22-33-46(38,24-58-33)62-27(3)50)39(53)37(59-26(2)49)34(25)44(47,4)5;5-3(6)1-2-4(7)8/h7-21,31-33,35-38,40,51-52,57H,22-24H2,1-6H3,(H,48,54);1-2H,(H,5,6)(H,7,8)/t31-,32-,33+,35-,36+,37+,38-,40-,45+,46-,47+;/m0./s1. The highest BCUT2D eigenvalue weighted by atomic mass is 16.6. The maximum Gasteiger partial charge on any atom is 0.338 e. The van der Waals surface area contributed by atoms with E-state index in [9.17, 15) is 48.9 Å². The molecule has 0 aromatic heterocycles. The van der Waals surface area contributed by atoms with Crippen molar-refractivity contribution in [3.05, 3.63) is 131 Å². The van der Waals surface area contributed by atoms with Crippen LogP contribution >= 0.6 is 0 Å². The van der Waals surface area contributed by atoms with Gasteiger partial charge in [-0.2, -0.15) is 0 Å². The highest BCUT2D eigenvalue weighted by Gasteiger charge is 2.78. The molecule has 1 heterocycles. The fourth-order valence-corrected chi connectivity index (χ4v) is 10.3. The number of carbonyl (C=O) groups is 8. The summed E-state index contributed by atoms with van der Waals surface area (Å²) in [5, 5.41) is 55.9. The Morgan fingerprint density at radius 2 is 1.33 bits per heavy atom. The average molecular weight is 970 g/mol. The van der Waals surface area contributed by atoms with Gasteiger partial charge in [-0.3, -0.25) is 19.2 Å². The number of aliphatic carboxylic acids is 2. The highest BCUT2D eigenvalue weighted by Crippen LogP contribution is 2.64. The molecular formula is C51H55NO18. The number of aliphatic hydroxyl groups excluding tert-OH is 2. The molecule has 70 heavy (non-hydrogen) atoms. The zero-order valence-corrected chi connectivity index (χ0v) is 39.1. The molecule has 1 amide bonds. The first-order chi connectivity index (χ1) is 32.9. The molecule has 2 bridgehead atoms. The van der Waals surface area contributed by atoms with Crippen LogP contribution in [0.2, 0.25) is 0 Å². The molecule has 0 unspecified atom stereocenters. The summed E-state index contributed by atoms with van der Waals surface area (Å²) < 4.78 is 30.3. The van der Waals surface area contributed by atoms with Crippen LogP contribution in [0.1, 0.15) is 86.7 Å². The van der Waals surface area contributed by atoms with Crippen LogP contribution in [-0.2, 0) is 52.5 Å². The summed E-state index contributed by atoms with van der Waals surface area (Å²) in [4.78, 5) is 103. The SMILES string of the molecule is CC(=O)O[C@H]1C(=O)[C@@]2(C)[C@H]([C@H](OC(=O)c3ccccc3)[C@]3(O)C[C@H](OC(=O)[C@H](O)[C@@H](NC(=O)c4ccccc4)c4ccccc4)C(C)=C1C3(C)C)[C@]1(OC(C)=O)CO[C@@H]1C[C@@H]2O.O=C(O)C=CC(=O)O. The third kappa shape index (κ3) is 9.87. The second-order valence-electron chi connectivity index (χ2n) is 18.4. The number of rotatable bonds is 12.